The normalized spacial score (nSPS) is 15.0. The fourth-order valence-electron chi connectivity index (χ4n) is 5.99. The first-order valence-corrected chi connectivity index (χ1v) is 15.9. The molecule has 1 aliphatic rings. The molecule has 1 N–H and O–H groups in total. The molecule has 4 heterocycles. The van der Waals surface area contributed by atoms with Gasteiger partial charge >= 0.3 is 6.09 Å². The Morgan fingerprint density at radius 1 is 0.957 bits per heavy atom. The number of piperidine rings is 1. The second kappa shape index (κ2) is 13.2. The van der Waals surface area contributed by atoms with Crippen LogP contribution in [0.4, 0.5) is 10.7 Å². The molecule has 2 aromatic carbocycles. The molecule has 47 heavy (non-hydrogen) atoms. The molecule has 1 fully saturated rings. The smallest absolute Gasteiger partial charge is 0.407 e. The molecule has 3 aromatic heterocycles. The van der Waals surface area contributed by atoms with E-state index in [-0.39, 0.29) is 47.8 Å². The van der Waals surface area contributed by atoms with E-state index in [9.17, 15) is 14.4 Å². The minimum Gasteiger partial charge on any atom is -0.444 e. The van der Waals surface area contributed by atoms with Gasteiger partial charge in [0, 0.05) is 24.5 Å². The number of benzene rings is 2. The van der Waals surface area contributed by atoms with Crippen LogP contribution in [0.25, 0.3) is 21.9 Å². The molecule has 242 valence electrons. The minimum atomic E-state index is -0.618. The maximum absolute atomic E-state index is 14.6. The summed E-state index contributed by atoms with van der Waals surface area (Å²) in [6, 6.07) is 21.0. The van der Waals surface area contributed by atoms with Crippen molar-refractivity contribution in [2.24, 2.45) is 0 Å². The topological polar surface area (TPSA) is 116 Å². The van der Waals surface area contributed by atoms with E-state index < -0.39 is 11.7 Å². The molecule has 0 saturated carbocycles. The Morgan fingerprint density at radius 2 is 1.70 bits per heavy atom. The molecule has 11 heteroatoms. The van der Waals surface area contributed by atoms with E-state index in [4.69, 9.17) is 14.7 Å². The summed E-state index contributed by atoms with van der Waals surface area (Å²) in [5, 5.41) is 3.96. The lowest BCUT2D eigenvalue weighted by atomic mass is 10.1. The molecular formula is C36H39N7O4. The summed E-state index contributed by atoms with van der Waals surface area (Å²) >= 11 is 0. The number of anilines is 1. The van der Waals surface area contributed by atoms with E-state index in [1.54, 1.807) is 11.5 Å². The number of para-hydroxylation sites is 1. The Bertz CT molecular complexity index is 2110. The summed E-state index contributed by atoms with van der Waals surface area (Å²) < 4.78 is 10.2. The van der Waals surface area contributed by atoms with E-state index in [0.29, 0.717) is 24.7 Å². The molecule has 6 rings (SSSR count). The van der Waals surface area contributed by atoms with Gasteiger partial charge in [0.1, 0.15) is 11.1 Å². The number of imidazole rings is 1. The van der Waals surface area contributed by atoms with Crippen LogP contribution < -0.4 is 21.3 Å². The van der Waals surface area contributed by atoms with Crippen molar-refractivity contribution >= 4 is 34.0 Å². The van der Waals surface area contributed by atoms with Crippen LogP contribution in [0.2, 0.25) is 0 Å². The highest BCUT2D eigenvalue weighted by Crippen LogP contribution is 2.23. The zero-order chi connectivity index (χ0) is 33.1. The molecule has 0 bridgehead atoms. The number of fused-ring (bicyclic) bond motifs is 2. The van der Waals surface area contributed by atoms with Crippen molar-refractivity contribution in [3.63, 3.8) is 0 Å². The van der Waals surface area contributed by atoms with Gasteiger partial charge in [0.25, 0.3) is 11.1 Å². The lowest BCUT2D eigenvalue weighted by molar-refractivity contribution is 0.0499. The van der Waals surface area contributed by atoms with Gasteiger partial charge < -0.3 is 15.0 Å². The monoisotopic (exact) mass is 633 g/mol. The number of rotatable bonds is 7. The van der Waals surface area contributed by atoms with Crippen molar-refractivity contribution in [3.05, 3.63) is 98.7 Å². The van der Waals surface area contributed by atoms with Gasteiger partial charge in [-0.15, -0.1) is 5.92 Å². The Hall–Kier alpha value is -5.37. The average Bonchev–Trinajstić information content (AvgIpc) is 3.44. The maximum atomic E-state index is 14.6. The molecule has 1 atom stereocenters. The molecular weight excluding hydrogens is 594 g/mol. The van der Waals surface area contributed by atoms with Gasteiger partial charge in [-0.3, -0.25) is 19.1 Å². The number of alkyl carbamates (subject to hydrolysis) is 1. The number of nitrogens with zero attached hydrogens (tertiary/aromatic N) is 6. The quantitative estimate of drug-likeness (QED) is 0.262. The van der Waals surface area contributed by atoms with Gasteiger partial charge in [-0.05, 0) is 58.2 Å². The van der Waals surface area contributed by atoms with E-state index >= 15 is 0 Å². The van der Waals surface area contributed by atoms with Crippen LogP contribution in [0.1, 0.15) is 51.8 Å². The van der Waals surface area contributed by atoms with E-state index in [2.05, 4.69) is 17.2 Å². The fraction of sp³-hybridized carbons (Fsp3) is 0.361. The Balaban J connectivity index is 1.46. The molecule has 0 spiro atoms. The summed E-state index contributed by atoms with van der Waals surface area (Å²) in [4.78, 5) is 53.1. The number of carbonyl (C=O) groups excluding carboxylic acids is 1. The van der Waals surface area contributed by atoms with Gasteiger partial charge in [-0.25, -0.2) is 19.1 Å². The summed E-state index contributed by atoms with van der Waals surface area (Å²) in [6.07, 6.45) is 1.06. The third kappa shape index (κ3) is 6.92. The molecule has 1 aliphatic heterocycles. The Kier molecular flexibility index (Phi) is 8.85. The van der Waals surface area contributed by atoms with Crippen molar-refractivity contribution < 1.29 is 9.53 Å². The number of nitrogens with one attached hydrogen (secondary N) is 1. The first kappa shape index (κ1) is 31.6. The molecule has 0 aliphatic carbocycles. The van der Waals surface area contributed by atoms with Gasteiger partial charge in [0.2, 0.25) is 5.95 Å². The second-order valence-corrected chi connectivity index (χ2v) is 12.8. The van der Waals surface area contributed by atoms with E-state index in [0.717, 1.165) is 29.3 Å². The van der Waals surface area contributed by atoms with Gasteiger partial charge in [0.15, 0.2) is 5.52 Å². The van der Waals surface area contributed by atoms with Crippen molar-refractivity contribution in [2.45, 2.75) is 71.8 Å². The van der Waals surface area contributed by atoms with Crippen LogP contribution in [-0.2, 0) is 24.4 Å². The summed E-state index contributed by atoms with van der Waals surface area (Å²) in [6.45, 7) is 8.73. The second-order valence-electron chi connectivity index (χ2n) is 12.8. The van der Waals surface area contributed by atoms with Gasteiger partial charge in [-0.1, -0.05) is 60.5 Å². The molecule has 1 amide bonds. The average molecular weight is 634 g/mol. The van der Waals surface area contributed by atoms with Crippen molar-refractivity contribution in [1.82, 2.24) is 29.2 Å². The van der Waals surface area contributed by atoms with Crippen LogP contribution in [0.3, 0.4) is 0 Å². The number of carbonyl (C=O) groups is 1. The summed E-state index contributed by atoms with van der Waals surface area (Å²) in [5.41, 5.74) is 1.25. The van der Waals surface area contributed by atoms with Crippen molar-refractivity contribution in [3.8, 4) is 11.8 Å². The number of hydrogen-bond donors (Lipinski definition) is 1. The lowest BCUT2D eigenvalue weighted by Gasteiger charge is -2.34. The van der Waals surface area contributed by atoms with Crippen LogP contribution in [-0.4, -0.2) is 54.7 Å². The summed E-state index contributed by atoms with van der Waals surface area (Å²) in [7, 11) is 0. The number of ether oxygens (including phenoxy) is 1. The van der Waals surface area contributed by atoms with Crippen LogP contribution >= 0.6 is 0 Å². The molecule has 5 aromatic rings. The van der Waals surface area contributed by atoms with Crippen molar-refractivity contribution in [2.75, 3.05) is 18.0 Å². The predicted octanol–water partition coefficient (Wildman–Crippen LogP) is 4.52. The first-order valence-electron chi connectivity index (χ1n) is 15.9. The highest BCUT2D eigenvalue weighted by molar-refractivity contribution is 5.79. The number of amides is 1. The molecule has 0 unspecified atom stereocenters. The molecule has 11 nitrogen and oxygen atoms in total. The SMILES string of the molecule is CC#CCn1c(N2CCC[C@@H](NC(=O)OC(C)(C)C)C2)nc2c(=O)n(Cc3ccccc3)n(Cc3ccc4ccccc4n3)c(=O)c21. The van der Waals surface area contributed by atoms with Crippen LogP contribution in [0, 0.1) is 11.8 Å². The lowest BCUT2D eigenvalue weighted by Crippen LogP contribution is -2.49. The number of aromatic nitrogens is 5. The minimum absolute atomic E-state index is 0.0868. The molecule has 1 saturated heterocycles. The first-order chi connectivity index (χ1) is 22.6. The Labute approximate surface area is 272 Å². The predicted molar refractivity (Wildman–Crippen MR) is 183 cm³/mol. The molecule has 0 radical (unpaired) electrons. The number of pyridine rings is 1. The highest BCUT2D eigenvalue weighted by Gasteiger charge is 2.29. The zero-order valence-corrected chi connectivity index (χ0v) is 27.2. The largest absolute Gasteiger partial charge is 0.444 e. The van der Waals surface area contributed by atoms with E-state index in [1.165, 1.54) is 9.36 Å². The van der Waals surface area contributed by atoms with Gasteiger partial charge in [-0.2, -0.15) is 0 Å². The zero-order valence-electron chi connectivity index (χ0n) is 27.2. The standard InChI is InChI=1S/C36H39N7O4/c1-5-6-21-41-31-30(39-34(41)40-20-12-16-27(23-40)38-35(46)47-36(2,3)4)32(44)42(22-25-13-8-7-9-14-25)43(33(31)45)24-28-19-18-26-15-10-11-17-29(26)37-28/h7-11,13-15,17-19,27H,12,16,20-24H2,1-4H3,(H,38,46)/t27-/m1/s1. The van der Waals surface area contributed by atoms with Gasteiger partial charge in [0.05, 0.1) is 30.8 Å². The highest BCUT2D eigenvalue weighted by atomic mass is 16.6. The maximum Gasteiger partial charge on any atom is 0.407 e. The third-order valence-electron chi connectivity index (χ3n) is 8.09. The van der Waals surface area contributed by atoms with Crippen molar-refractivity contribution in [1.29, 1.82) is 0 Å². The Morgan fingerprint density at radius 3 is 2.47 bits per heavy atom. The number of hydrogen-bond acceptors (Lipinski definition) is 7. The van der Waals surface area contributed by atoms with Crippen LogP contribution in [0.5, 0.6) is 0 Å². The third-order valence-corrected chi connectivity index (χ3v) is 8.09. The summed E-state index contributed by atoms with van der Waals surface area (Å²) in [5.74, 6) is 6.46. The van der Waals surface area contributed by atoms with Crippen LogP contribution in [0.15, 0.2) is 76.3 Å². The fourth-order valence-corrected chi connectivity index (χ4v) is 5.99. The van der Waals surface area contributed by atoms with E-state index in [1.807, 2.05) is 92.4 Å².